The van der Waals surface area contributed by atoms with Gasteiger partial charge in [-0.1, -0.05) is 0 Å². The number of rotatable bonds is 4. The minimum Gasteiger partial charge on any atom is -0.399 e. The minimum atomic E-state index is 0.433. The van der Waals surface area contributed by atoms with Gasteiger partial charge in [0, 0.05) is 24.0 Å². The monoisotopic (exact) mass is 207 g/mol. The number of nitrogen functional groups attached to an aromatic ring is 1. The number of hydrogen-bond acceptors (Lipinski definition) is 3. The summed E-state index contributed by atoms with van der Waals surface area (Å²) in [6.07, 6.45) is 0. The van der Waals surface area contributed by atoms with Crippen LogP contribution in [0, 0.1) is 6.92 Å². The molecule has 0 aliphatic heterocycles. The molecule has 1 aromatic carbocycles. The number of hydrogen-bond donors (Lipinski definition) is 2. The molecule has 1 unspecified atom stereocenters. The molecule has 0 heterocycles. The Kier molecular flexibility index (Phi) is 3.97. The Morgan fingerprint density at radius 3 is 2.60 bits per heavy atom. The Morgan fingerprint density at radius 1 is 1.40 bits per heavy atom. The SMILES string of the molecule is Cc1cc(N)ccc1NC(C)CN(C)C. The first kappa shape index (κ1) is 11.9. The largest absolute Gasteiger partial charge is 0.399 e. The van der Waals surface area contributed by atoms with Crippen LogP contribution in [0.2, 0.25) is 0 Å². The average Bonchev–Trinajstić information content (AvgIpc) is 2.08. The zero-order chi connectivity index (χ0) is 11.4. The number of benzene rings is 1. The molecule has 15 heavy (non-hydrogen) atoms. The van der Waals surface area contributed by atoms with Crippen LogP contribution in [-0.4, -0.2) is 31.6 Å². The van der Waals surface area contributed by atoms with Gasteiger partial charge in [0.05, 0.1) is 0 Å². The number of nitrogens with zero attached hydrogens (tertiary/aromatic N) is 1. The molecule has 0 saturated heterocycles. The molecular formula is C12H21N3. The van der Waals surface area contributed by atoms with Gasteiger partial charge in [-0.25, -0.2) is 0 Å². The smallest absolute Gasteiger partial charge is 0.0373 e. The fourth-order valence-electron chi connectivity index (χ4n) is 1.71. The molecule has 0 spiro atoms. The van der Waals surface area contributed by atoms with E-state index in [1.807, 2.05) is 18.2 Å². The molecule has 1 atom stereocenters. The molecule has 0 bridgehead atoms. The molecule has 0 fully saturated rings. The van der Waals surface area contributed by atoms with Crippen LogP contribution in [0.1, 0.15) is 12.5 Å². The lowest BCUT2D eigenvalue weighted by Crippen LogP contribution is -2.29. The van der Waals surface area contributed by atoms with Crippen molar-refractivity contribution in [2.75, 3.05) is 31.7 Å². The van der Waals surface area contributed by atoms with Crippen LogP contribution < -0.4 is 11.1 Å². The topological polar surface area (TPSA) is 41.3 Å². The van der Waals surface area contributed by atoms with Crippen molar-refractivity contribution < 1.29 is 0 Å². The minimum absolute atomic E-state index is 0.433. The number of nitrogens with two attached hydrogens (primary N) is 1. The van der Waals surface area contributed by atoms with Gasteiger partial charge in [-0.3, -0.25) is 0 Å². The molecular weight excluding hydrogens is 186 g/mol. The summed E-state index contributed by atoms with van der Waals surface area (Å²) in [5.74, 6) is 0. The quantitative estimate of drug-likeness (QED) is 0.741. The maximum atomic E-state index is 5.70. The first-order valence-corrected chi connectivity index (χ1v) is 5.26. The van der Waals surface area contributed by atoms with Crippen LogP contribution in [-0.2, 0) is 0 Å². The predicted octanol–water partition coefficient (Wildman–Crippen LogP) is 1.94. The molecule has 1 aromatic rings. The summed E-state index contributed by atoms with van der Waals surface area (Å²) in [5.41, 5.74) is 8.88. The van der Waals surface area contributed by atoms with E-state index in [9.17, 15) is 0 Å². The summed E-state index contributed by atoms with van der Waals surface area (Å²) in [5, 5.41) is 3.47. The molecule has 1 rings (SSSR count). The average molecular weight is 207 g/mol. The molecule has 3 heteroatoms. The van der Waals surface area contributed by atoms with Gasteiger partial charge in [0.2, 0.25) is 0 Å². The summed E-state index contributed by atoms with van der Waals surface area (Å²) in [4.78, 5) is 2.17. The van der Waals surface area contributed by atoms with E-state index in [1.165, 1.54) is 11.3 Å². The zero-order valence-corrected chi connectivity index (χ0v) is 10.0. The number of aryl methyl sites for hydroxylation is 1. The zero-order valence-electron chi connectivity index (χ0n) is 10.0. The molecule has 0 aromatic heterocycles. The van der Waals surface area contributed by atoms with Gasteiger partial charge in [-0.05, 0) is 51.7 Å². The molecule has 0 radical (unpaired) electrons. The lowest BCUT2D eigenvalue weighted by Gasteiger charge is -2.20. The highest BCUT2D eigenvalue weighted by Gasteiger charge is 2.05. The Balaban J connectivity index is 2.64. The van der Waals surface area contributed by atoms with E-state index in [4.69, 9.17) is 5.73 Å². The Bertz CT molecular complexity index is 321. The van der Waals surface area contributed by atoms with Gasteiger partial charge in [-0.15, -0.1) is 0 Å². The third-order valence-corrected chi connectivity index (χ3v) is 2.29. The summed E-state index contributed by atoms with van der Waals surface area (Å²) in [6.45, 7) is 5.26. The summed E-state index contributed by atoms with van der Waals surface area (Å²) >= 11 is 0. The van der Waals surface area contributed by atoms with Crippen molar-refractivity contribution in [1.82, 2.24) is 4.90 Å². The van der Waals surface area contributed by atoms with Crippen molar-refractivity contribution >= 4 is 11.4 Å². The van der Waals surface area contributed by atoms with Gasteiger partial charge in [0.15, 0.2) is 0 Å². The third-order valence-electron chi connectivity index (χ3n) is 2.29. The fourth-order valence-corrected chi connectivity index (χ4v) is 1.71. The van der Waals surface area contributed by atoms with Crippen LogP contribution in [0.5, 0.6) is 0 Å². The van der Waals surface area contributed by atoms with Crippen LogP contribution in [0.15, 0.2) is 18.2 Å². The van der Waals surface area contributed by atoms with Gasteiger partial charge < -0.3 is 16.0 Å². The van der Waals surface area contributed by atoms with Crippen molar-refractivity contribution in [2.45, 2.75) is 19.9 Å². The van der Waals surface area contributed by atoms with E-state index in [-0.39, 0.29) is 0 Å². The van der Waals surface area contributed by atoms with Crippen molar-refractivity contribution in [1.29, 1.82) is 0 Å². The van der Waals surface area contributed by atoms with Crippen LogP contribution >= 0.6 is 0 Å². The van der Waals surface area contributed by atoms with Crippen molar-refractivity contribution in [3.05, 3.63) is 23.8 Å². The number of likely N-dealkylation sites (N-methyl/N-ethyl adjacent to an activating group) is 1. The molecule has 0 saturated carbocycles. The van der Waals surface area contributed by atoms with Crippen LogP contribution in [0.25, 0.3) is 0 Å². The first-order chi connectivity index (χ1) is 6.99. The lowest BCUT2D eigenvalue weighted by molar-refractivity contribution is 0.392. The Morgan fingerprint density at radius 2 is 2.07 bits per heavy atom. The molecule has 0 amide bonds. The predicted molar refractivity (Wildman–Crippen MR) is 67.2 cm³/mol. The van der Waals surface area contributed by atoms with Gasteiger partial charge in [0.25, 0.3) is 0 Å². The standard InChI is InChI=1S/C12H21N3/c1-9-7-11(13)5-6-12(9)14-10(2)8-15(3)4/h5-7,10,14H,8,13H2,1-4H3. The van der Waals surface area contributed by atoms with Crippen molar-refractivity contribution in [3.8, 4) is 0 Å². The van der Waals surface area contributed by atoms with Crippen LogP contribution in [0.4, 0.5) is 11.4 Å². The first-order valence-electron chi connectivity index (χ1n) is 5.26. The fraction of sp³-hybridized carbons (Fsp3) is 0.500. The van der Waals surface area contributed by atoms with Gasteiger partial charge in [0.1, 0.15) is 0 Å². The van der Waals surface area contributed by atoms with E-state index < -0.39 is 0 Å². The highest BCUT2D eigenvalue weighted by molar-refractivity contribution is 5.57. The van der Waals surface area contributed by atoms with E-state index in [2.05, 4.69) is 38.2 Å². The van der Waals surface area contributed by atoms with E-state index in [0.29, 0.717) is 6.04 Å². The Hall–Kier alpha value is -1.22. The molecule has 84 valence electrons. The van der Waals surface area contributed by atoms with E-state index >= 15 is 0 Å². The van der Waals surface area contributed by atoms with Crippen molar-refractivity contribution in [2.24, 2.45) is 0 Å². The van der Waals surface area contributed by atoms with Crippen molar-refractivity contribution in [3.63, 3.8) is 0 Å². The summed E-state index contributed by atoms with van der Waals surface area (Å²) in [6, 6.07) is 6.39. The second-order valence-electron chi connectivity index (χ2n) is 4.38. The summed E-state index contributed by atoms with van der Waals surface area (Å²) in [7, 11) is 4.15. The molecule has 0 aliphatic rings. The maximum absolute atomic E-state index is 5.70. The number of anilines is 2. The van der Waals surface area contributed by atoms with Crippen LogP contribution in [0.3, 0.4) is 0 Å². The third kappa shape index (κ3) is 3.80. The van der Waals surface area contributed by atoms with Gasteiger partial charge in [-0.2, -0.15) is 0 Å². The highest BCUT2D eigenvalue weighted by Crippen LogP contribution is 2.18. The van der Waals surface area contributed by atoms with E-state index in [0.717, 1.165) is 12.2 Å². The second kappa shape index (κ2) is 5.03. The second-order valence-corrected chi connectivity index (χ2v) is 4.38. The normalized spacial score (nSPS) is 12.9. The number of nitrogens with one attached hydrogen (secondary N) is 1. The van der Waals surface area contributed by atoms with E-state index in [1.54, 1.807) is 0 Å². The highest BCUT2D eigenvalue weighted by atomic mass is 15.1. The molecule has 0 aliphatic carbocycles. The van der Waals surface area contributed by atoms with Gasteiger partial charge >= 0.3 is 0 Å². The maximum Gasteiger partial charge on any atom is 0.0373 e. The molecule has 3 N–H and O–H groups in total. The summed E-state index contributed by atoms with van der Waals surface area (Å²) < 4.78 is 0. The Labute approximate surface area is 92.3 Å². The lowest BCUT2D eigenvalue weighted by atomic mass is 10.1. The molecule has 3 nitrogen and oxygen atoms in total.